The van der Waals surface area contributed by atoms with Gasteiger partial charge in [-0.05, 0) is 45.0 Å². The van der Waals surface area contributed by atoms with Crippen LogP contribution in [0.25, 0.3) is 10.9 Å². The first kappa shape index (κ1) is 13.1. The Kier molecular flexibility index (Phi) is 3.40. The zero-order chi connectivity index (χ0) is 14.1. The molecule has 20 heavy (non-hydrogen) atoms. The maximum atomic E-state index is 4.61. The molecular weight excluding hydrogens is 266 g/mol. The minimum absolute atomic E-state index is 0.203. The molecule has 1 N–H and O–H groups in total. The van der Waals surface area contributed by atoms with Gasteiger partial charge in [-0.1, -0.05) is 6.07 Å². The van der Waals surface area contributed by atoms with Crippen molar-refractivity contribution >= 4 is 27.9 Å². The summed E-state index contributed by atoms with van der Waals surface area (Å²) in [6, 6.07) is 10.5. The summed E-state index contributed by atoms with van der Waals surface area (Å²) < 4.78 is 0. The molecule has 4 heteroatoms. The first-order chi connectivity index (χ1) is 9.63. The van der Waals surface area contributed by atoms with E-state index in [1.54, 1.807) is 11.3 Å². The zero-order valence-corrected chi connectivity index (χ0v) is 12.7. The van der Waals surface area contributed by atoms with Gasteiger partial charge in [-0.25, -0.2) is 4.98 Å². The summed E-state index contributed by atoms with van der Waals surface area (Å²) in [5.41, 5.74) is 3.26. The lowest BCUT2D eigenvalue weighted by Gasteiger charge is -2.14. The number of fused-ring (bicyclic) bond motifs is 1. The number of hydrogen-bond donors (Lipinski definition) is 1. The molecule has 0 saturated heterocycles. The van der Waals surface area contributed by atoms with Crippen molar-refractivity contribution in [2.45, 2.75) is 26.8 Å². The molecule has 1 aromatic carbocycles. The van der Waals surface area contributed by atoms with E-state index in [1.165, 1.54) is 4.88 Å². The molecule has 0 spiro atoms. The van der Waals surface area contributed by atoms with E-state index in [-0.39, 0.29) is 6.04 Å². The normalized spacial score (nSPS) is 12.6. The van der Waals surface area contributed by atoms with Crippen molar-refractivity contribution in [3.63, 3.8) is 0 Å². The Morgan fingerprint density at radius 3 is 2.80 bits per heavy atom. The fraction of sp³-hybridized carbons (Fsp3) is 0.250. The second-order valence-electron chi connectivity index (χ2n) is 4.95. The van der Waals surface area contributed by atoms with Gasteiger partial charge in [0.1, 0.15) is 0 Å². The summed E-state index contributed by atoms with van der Waals surface area (Å²) in [6.45, 7) is 6.33. The molecular formula is C16H17N3S. The molecule has 0 aliphatic carbocycles. The molecule has 0 fully saturated rings. The summed E-state index contributed by atoms with van der Waals surface area (Å²) in [6.07, 6.45) is 1.82. The van der Waals surface area contributed by atoms with Gasteiger partial charge < -0.3 is 5.32 Å². The smallest absolute Gasteiger partial charge is 0.0901 e. The predicted octanol–water partition coefficient (Wildman–Crippen LogP) is 4.48. The first-order valence-electron chi connectivity index (χ1n) is 6.69. The highest BCUT2D eigenvalue weighted by Crippen LogP contribution is 2.26. The molecule has 2 aromatic heterocycles. The number of anilines is 1. The van der Waals surface area contributed by atoms with Gasteiger partial charge in [-0.2, -0.15) is 0 Å². The van der Waals surface area contributed by atoms with Crippen molar-refractivity contribution in [2.75, 3.05) is 5.32 Å². The van der Waals surface area contributed by atoms with Gasteiger partial charge in [0, 0.05) is 22.1 Å². The summed E-state index contributed by atoms with van der Waals surface area (Å²) in [7, 11) is 0. The molecule has 0 aliphatic heterocycles. The van der Waals surface area contributed by atoms with Crippen molar-refractivity contribution in [2.24, 2.45) is 0 Å². The topological polar surface area (TPSA) is 37.8 Å². The molecule has 0 aliphatic rings. The molecule has 102 valence electrons. The number of pyridine rings is 1. The average Bonchev–Trinajstić information content (AvgIpc) is 2.78. The van der Waals surface area contributed by atoms with E-state index in [9.17, 15) is 0 Å². The molecule has 0 bridgehead atoms. The van der Waals surface area contributed by atoms with Crippen LogP contribution in [0.15, 0.2) is 36.5 Å². The van der Waals surface area contributed by atoms with Crippen LogP contribution >= 0.6 is 11.3 Å². The van der Waals surface area contributed by atoms with Gasteiger partial charge in [0.15, 0.2) is 0 Å². The quantitative estimate of drug-likeness (QED) is 0.770. The van der Waals surface area contributed by atoms with Crippen LogP contribution < -0.4 is 5.32 Å². The molecule has 1 atom stereocenters. The number of thiazole rings is 1. The summed E-state index contributed by atoms with van der Waals surface area (Å²) in [5, 5.41) is 5.79. The van der Waals surface area contributed by atoms with E-state index in [0.29, 0.717) is 0 Å². The Labute approximate surface area is 122 Å². The van der Waals surface area contributed by atoms with Gasteiger partial charge in [-0.3, -0.25) is 4.98 Å². The lowest BCUT2D eigenvalue weighted by atomic mass is 10.1. The van der Waals surface area contributed by atoms with Gasteiger partial charge in [0.25, 0.3) is 0 Å². The lowest BCUT2D eigenvalue weighted by Crippen LogP contribution is -2.08. The van der Waals surface area contributed by atoms with Crippen LogP contribution in [0.4, 0.5) is 5.69 Å². The average molecular weight is 283 g/mol. The van der Waals surface area contributed by atoms with E-state index >= 15 is 0 Å². The molecule has 3 rings (SSSR count). The highest BCUT2D eigenvalue weighted by molar-refractivity contribution is 7.11. The Bertz CT molecular complexity index is 748. The number of aryl methyl sites for hydroxylation is 2. The van der Waals surface area contributed by atoms with Crippen LogP contribution in [0, 0.1) is 13.8 Å². The van der Waals surface area contributed by atoms with Crippen molar-refractivity contribution in [1.82, 2.24) is 9.97 Å². The van der Waals surface area contributed by atoms with Crippen LogP contribution in [0.5, 0.6) is 0 Å². The third kappa shape index (κ3) is 2.51. The summed E-state index contributed by atoms with van der Waals surface area (Å²) in [4.78, 5) is 10.2. The predicted molar refractivity (Wildman–Crippen MR) is 85.4 cm³/mol. The molecule has 2 heterocycles. The van der Waals surface area contributed by atoms with Gasteiger partial charge in [0.2, 0.25) is 0 Å². The van der Waals surface area contributed by atoms with Crippen molar-refractivity contribution < 1.29 is 0 Å². The molecule has 0 saturated carbocycles. The second-order valence-corrected chi connectivity index (χ2v) is 6.36. The SMILES string of the molecule is Cc1nc(C(C)Nc2ccc3ncccc3c2)c(C)s1. The third-order valence-corrected chi connectivity index (χ3v) is 4.24. The zero-order valence-electron chi connectivity index (χ0n) is 11.8. The van der Waals surface area contributed by atoms with E-state index in [1.807, 2.05) is 18.3 Å². The number of benzene rings is 1. The highest BCUT2D eigenvalue weighted by atomic mass is 32.1. The van der Waals surface area contributed by atoms with Crippen molar-refractivity contribution in [3.05, 3.63) is 52.1 Å². The van der Waals surface area contributed by atoms with Crippen LogP contribution in [0.1, 0.15) is 28.5 Å². The first-order valence-corrected chi connectivity index (χ1v) is 7.50. The van der Waals surface area contributed by atoms with Crippen LogP contribution in [0.2, 0.25) is 0 Å². The largest absolute Gasteiger partial charge is 0.377 e. The Hall–Kier alpha value is -1.94. The molecule has 0 amide bonds. The lowest BCUT2D eigenvalue weighted by molar-refractivity contribution is 0.837. The fourth-order valence-corrected chi connectivity index (χ4v) is 3.34. The maximum Gasteiger partial charge on any atom is 0.0901 e. The summed E-state index contributed by atoms with van der Waals surface area (Å²) >= 11 is 1.75. The molecule has 1 unspecified atom stereocenters. The fourth-order valence-electron chi connectivity index (χ4n) is 2.43. The van der Waals surface area contributed by atoms with Crippen LogP contribution in [0.3, 0.4) is 0 Å². The van der Waals surface area contributed by atoms with Crippen molar-refractivity contribution in [3.8, 4) is 0 Å². The Morgan fingerprint density at radius 2 is 2.05 bits per heavy atom. The Morgan fingerprint density at radius 1 is 1.20 bits per heavy atom. The number of rotatable bonds is 3. The van der Waals surface area contributed by atoms with Gasteiger partial charge in [-0.15, -0.1) is 11.3 Å². The van der Waals surface area contributed by atoms with E-state index in [0.717, 1.165) is 27.3 Å². The maximum absolute atomic E-state index is 4.61. The monoisotopic (exact) mass is 283 g/mol. The summed E-state index contributed by atoms with van der Waals surface area (Å²) in [5.74, 6) is 0. The van der Waals surface area contributed by atoms with E-state index in [2.05, 4.69) is 54.3 Å². The minimum atomic E-state index is 0.203. The van der Waals surface area contributed by atoms with Gasteiger partial charge in [0.05, 0.1) is 22.3 Å². The minimum Gasteiger partial charge on any atom is -0.377 e. The van der Waals surface area contributed by atoms with Crippen LogP contribution in [-0.4, -0.2) is 9.97 Å². The van der Waals surface area contributed by atoms with Crippen molar-refractivity contribution in [1.29, 1.82) is 0 Å². The number of nitrogens with one attached hydrogen (secondary N) is 1. The van der Waals surface area contributed by atoms with Crippen LogP contribution in [-0.2, 0) is 0 Å². The molecule has 3 aromatic rings. The Balaban J connectivity index is 1.87. The highest BCUT2D eigenvalue weighted by Gasteiger charge is 2.13. The number of hydrogen-bond acceptors (Lipinski definition) is 4. The number of aromatic nitrogens is 2. The molecule has 3 nitrogen and oxygen atoms in total. The van der Waals surface area contributed by atoms with E-state index in [4.69, 9.17) is 0 Å². The standard InChI is InChI=1S/C16H17N3S/c1-10(16-11(2)20-12(3)19-16)18-14-6-7-15-13(9-14)5-4-8-17-15/h4-10,18H,1-3H3. The van der Waals surface area contributed by atoms with E-state index < -0.39 is 0 Å². The third-order valence-electron chi connectivity index (χ3n) is 3.34. The number of nitrogens with zero attached hydrogens (tertiary/aromatic N) is 2. The molecule has 0 radical (unpaired) electrons. The van der Waals surface area contributed by atoms with Gasteiger partial charge >= 0.3 is 0 Å². The second kappa shape index (κ2) is 5.21.